The Bertz CT molecular complexity index is 1710. The van der Waals surface area contributed by atoms with E-state index in [1.54, 1.807) is 30.3 Å². The van der Waals surface area contributed by atoms with E-state index in [1.807, 2.05) is 6.92 Å². The van der Waals surface area contributed by atoms with Crippen LogP contribution in [0.3, 0.4) is 0 Å². The van der Waals surface area contributed by atoms with Crippen molar-refractivity contribution in [1.82, 2.24) is 4.98 Å². The first kappa shape index (κ1) is 24.7. The summed E-state index contributed by atoms with van der Waals surface area (Å²) in [5.74, 6) is -2.40. The van der Waals surface area contributed by atoms with Crippen LogP contribution in [0.4, 0.5) is 9.52 Å². The lowest BCUT2D eigenvalue weighted by molar-refractivity contribution is -0.132. The first-order chi connectivity index (χ1) is 18.7. The standard InChI is InChI=1S/C29H21FN2O6S/c1-14-11-18-12-17(7-10-21(18)38-14)25(33)23-24(15-3-5-16(6-4-15)28(36)37-2)32(27(35)26(23)34)29-31-20-9-8-19(30)13-22(20)39-29/h3-10,12-14,24,33H,11H2,1-2H3/t14-,24-/m1/s1. The molecule has 1 N–H and O–H groups in total. The summed E-state index contributed by atoms with van der Waals surface area (Å²) in [4.78, 5) is 44.6. The number of Topliss-reactive ketones (excluding diaryl/α,β-unsaturated/α-hetero) is 1. The molecule has 10 heteroatoms. The van der Waals surface area contributed by atoms with Crippen molar-refractivity contribution in [2.24, 2.45) is 0 Å². The minimum atomic E-state index is -1.05. The summed E-state index contributed by atoms with van der Waals surface area (Å²) in [7, 11) is 1.27. The molecule has 0 radical (unpaired) electrons. The molecule has 8 nitrogen and oxygen atoms in total. The van der Waals surface area contributed by atoms with Gasteiger partial charge in [-0.2, -0.15) is 0 Å². The van der Waals surface area contributed by atoms with E-state index in [0.29, 0.717) is 33.5 Å². The topological polar surface area (TPSA) is 106 Å². The monoisotopic (exact) mass is 544 g/mol. The van der Waals surface area contributed by atoms with Gasteiger partial charge in [0.15, 0.2) is 5.13 Å². The van der Waals surface area contributed by atoms with Crippen molar-refractivity contribution < 1.29 is 33.4 Å². The molecule has 196 valence electrons. The number of benzene rings is 3. The largest absolute Gasteiger partial charge is 0.507 e. The normalized spacial score (nSPS) is 19.8. The molecule has 3 aromatic carbocycles. The molecule has 0 spiro atoms. The fourth-order valence-electron chi connectivity index (χ4n) is 4.98. The number of aliphatic hydroxyl groups is 1. The molecule has 39 heavy (non-hydrogen) atoms. The van der Waals surface area contributed by atoms with Gasteiger partial charge >= 0.3 is 11.9 Å². The number of ether oxygens (including phenoxy) is 2. The first-order valence-corrected chi connectivity index (χ1v) is 12.9. The highest BCUT2D eigenvalue weighted by Crippen LogP contribution is 2.45. The van der Waals surface area contributed by atoms with Crippen molar-refractivity contribution >= 4 is 50.1 Å². The van der Waals surface area contributed by atoms with Gasteiger partial charge in [0, 0.05) is 12.0 Å². The molecule has 4 aromatic rings. The van der Waals surface area contributed by atoms with Gasteiger partial charge in [0.05, 0.1) is 34.5 Å². The Morgan fingerprint density at radius 3 is 2.59 bits per heavy atom. The lowest BCUT2D eigenvalue weighted by Crippen LogP contribution is -2.29. The Morgan fingerprint density at radius 2 is 1.85 bits per heavy atom. The SMILES string of the molecule is COC(=O)c1ccc([C@@H]2C(=C(O)c3ccc4c(c3)C[C@@H](C)O4)C(=O)C(=O)N2c2nc3ccc(F)cc3s2)cc1. The second kappa shape index (κ2) is 9.32. The average Bonchev–Trinajstić information content (AvgIpc) is 3.59. The van der Waals surface area contributed by atoms with Crippen molar-refractivity contribution in [2.45, 2.75) is 25.5 Å². The molecule has 2 atom stereocenters. The number of hydrogen-bond acceptors (Lipinski definition) is 8. The molecule has 1 fully saturated rings. The zero-order chi connectivity index (χ0) is 27.4. The van der Waals surface area contributed by atoms with Crippen molar-refractivity contribution in [3.05, 3.63) is 94.3 Å². The van der Waals surface area contributed by atoms with Crippen LogP contribution in [0.15, 0.2) is 66.2 Å². The number of aliphatic hydroxyl groups excluding tert-OH is 1. The summed E-state index contributed by atoms with van der Waals surface area (Å²) in [6.45, 7) is 1.94. The maximum absolute atomic E-state index is 13.9. The zero-order valence-electron chi connectivity index (χ0n) is 20.8. The van der Waals surface area contributed by atoms with Crippen LogP contribution in [-0.4, -0.2) is 41.0 Å². The molecule has 0 unspecified atom stereocenters. The van der Waals surface area contributed by atoms with Gasteiger partial charge < -0.3 is 14.6 Å². The minimum Gasteiger partial charge on any atom is -0.507 e. The highest BCUT2D eigenvalue weighted by atomic mass is 32.1. The Hall–Kier alpha value is -4.57. The third-order valence-electron chi connectivity index (χ3n) is 6.81. The molecule has 3 heterocycles. The summed E-state index contributed by atoms with van der Waals surface area (Å²) in [5.41, 5.74) is 2.34. The molecule has 1 saturated heterocycles. The zero-order valence-corrected chi connectivity index (χ0v) is 21.6. The van der Waals surface area contributed by atoms with E-state index in [4.69, 9.17) is 9.47 Å². The van der Waals surface area contributed by atoms with E-state index >= 15 is 0 Å². The van der Waals surface area contributed by atoms with Crippen molar-refractivity contribution in [3.8, 4) is 5.75 Å². The maximum atomic E-state index is 13.9. The molecule has 2 aliphatic rings. The maximum Gasteiger partial charge on any atom is 0.337 e. The quantitative estimate of drug-likeness (QED) is 0.164. The number of amides is 1. The van der Waals surface area contributed by atoms with E-state index in [1.165, 1.54) is 42.3 Å². The predicted molar refractivity (Wildman–Crippen MR) is 142 cm³/mol. The molecular weight excluding hydrogens is 523 g/mol. The lowest BCUT2D eigenvalue weighted by Gasteiger charge is -2.23. The highest BCUT2D eigenvalue weighted by molar-refractivity contribution is 7.22. The predicted octanol–water partition coefficient (Wildman–Crippen LogP) is 5.17. The number of hydrogen-bond donors (Lipinski definition) is 1. The van der Waals surface area contributed by atoms with Crippen molar-refractivity contribution in [3.63, 3.8) is 0 Å². The number of nitrogens with zero attached hydrogens (tertiary/aromatic N) is 2. The van der Waals surface area contributed by atoms with Gasteiger partial charge in [-0.05, 0) is 66.6 Å². The Morgan fingerprint density at radius 1 is 1.10 bits per heavy atom. The lowest BCUT2D eigenvalue weighted by atomic mass is 9.94. The third kappa shape index (κ3) is 4.13. The Kier molecular flexibility index (Phi) is 5.91. The van der Waals surface area contributed by atoms with Crippen molar-refractivity contribution in [1.29, 1.82) is 0 Å². The second-order valence-corrected chi connectivity index (χ2v) is 10.4. The molecule has 1 aromatic heterocycles. The van der Waals surface area contributed by atoms with Gasteiger partial charge in [-0.25, -0.2) is 14.2 Å². The number of ketones is 1. The summed E-state index contributed by atoms with van der Waals surface area (Å²) in [6, 6.07) is 14.3. The number of anilines is 1. The van der Waals surface area contributed by atoms with Gasteiger partial charge in [0.2, 0.25) is 0 Å². The number of carbonyl (C=O) groups is 3. The smallest absolute Gasteiger partial charge is 0.337 e. The van der Waals surface area contributed by atoms with Crippen LogP contribution in [-0.2, 0) is 20.7 Å². The fraction of sp³-hybridized carbons (Fsp3) is 0.172. The summed E-state index contributed by atoms with van der Waals surface area (Å²) < 4.78 is 24.9. The molecule has 2 aliphatic heterocycles. The third-order valence-corrected chi connectivity index (χ3v) is 7.82. The number of aromatic nitrogens is 1. The van der Waals surface area contributed by atoms with Crippen LogP contribution in [0.25, 0.3) is 16.0 Å². The number of fused-ring (bicyclic) bond motifs is 2. The van der Waals surface area contributed by atoms with E-state index in [9.17, 15) is 23.9 Å². The first-order valence-electron chi connectivity index (χ1n) is 12.1. The summed E-state index contributed by atoms with van der Waals surface area (Å²) in [5, 5.41) is 11.6. The van der Waals surface area contributed by atoms with Crippen LogP contribution < -0.4 is 9.64 Å². The van der Waals surface area contributed by atoms with Crippen molar-refractivity contribution in [2.75, 3.05) is 12.0 Å². The van der Waals surface area contributed by atoms with Gasteiger partial charge in [-0.3, -0.25) is 14.5 Å². The number of halogens is 1. The van der Waals surface area contributed by atoms with Crippen LogP contribution in [0.2, 0.25) is 0 Å². The van der Waals surface area contributed by atoms with Gasteiger partial charge in [0.25, 0.3) is 5.78 Å². The number of thiazole rings is 1. The number of methoxy groups -OCH3 is 1. The molecule has 6 rings (SSSR count). The van der Waals surface area contributed by atoms with Crippen LogP contribution in [0, 0.1) is 5.82 Å². The van der Waals surface area contributed by atoms with Gasteiger partial charge in [-0.1, -0.05) is 23.5 Å². The van der Waals surface area contributed by atoms with Crippen LogP contribution in [0.5, 0.6) is 5.75 Å². The van der Waals surface area contributed by atoms with E-state index in [0.717, 1.165) is 16.9 Å². The minimum absolute atomic E-state index is 0.0137. The number of esters is 1. The van der Waals surface area contributed by atoms with E-state index in [2.05, 4.69) is 4.98 Å². The van der Waals surface area contributed by atoms with E-state index < -0.39 is 29.5 Å². The molecule has 0 aliphatic carbocycles. The summed E-state index contributed by atoms with van der Waals surface area (Å²) >= 11 is 1.06. The average molecular weight is 545 g/mol. The van der Waals surface area contributed by atoms with Crippen LogP contribution >= 0.6 is 11.3 Å². The molecule has 0 bridgehead atoms. The molecule has 1 amide bonds. The van der Waals surface area contributed by atoms with Crippen LogP contribution in [0.1, 0.15) is 40.0 Å². The highest BCUT2D eigenvalue weighted by Gasteiger charge is 2.48. The fourth-order valence-corrected chi connectivity index (χ4v) is 6.00. The second-order valence-electron chi connectivity index (χ2n) is 9.35. The molecular formula is C29H21FN2O6S. The van der Waals surface area contributed by atoms with Gasteiger partial charge in [-0.15, -0.1) is 0 Å². The summed E-state index contributed by atoms with van der Waals surface area (Å²) in [6.07, 6.45) is 0.631. The Labute approximate surface area is 225 Å². The van der Waals surface area contributed by atoms with Gasteiger partial charge in [0.1, 0.15) is 23.4 Å². The number of carbonyl (C=O) groups excluding carboxylic acids is 3. The molecule has 0 saturated carbocycles. The van der Waals surface area contributed by atoms with E-state index in [-0.39, 0.29) is 28.1 Å². The Balaban J connectivity index is 1.52. The number of rotatable bonds is 4.